The number of hydrogen-bond acceptors (Lipinski definition) is 8. The van der Waals surface area contributed by atoms with Crippen LogP contribution in [0.4, 0.5) is 5.69 Å². The van der Waals surface area contributed by atoms with Gasteiger partial charge in [0.2, 0.25) is 0 Å². The number of rotatable bonds is 9. The highest BCUT2D eigenvalue weighted by Gasteiger charge is 2.22. The quantitative estimate of drug-likeness (QED) is 0.348. The number of nitrogens with one attached hydrogen (secondary N) is 2. The molecule has 0 unspecified atom stereocenters. The van der Waals surface area contributed by atoms with Gasteiger partial charge in [-0.2, -0.15) is 5.10 Å². The van der Waals surface area contributed by atoms with Gasteiger partial charge in [-0.05, 0) is 67.4 Å². The second kappa shape index (κ2) is 12.8. The minimum absolute atomic E-state index is 0.231. The molecule has 0 saturated carbocycles. The second-order valence-corrected chi connectivity index (χ2v) is 8.78. The van der Waals surface area contributed by atoms with E-state index in [0.29, 0.717) is 23.6 Å². The average Bonchev–Trinajstić information content (AvgIpc) is 3.38. The molecule has 2 aromatic carbocycles. The van der Waals surface area contributed by atoms with E-state index in [1.807, 2.05) is 30.4 Å². The van der Waals surface area contributed by atoms with Crippen LogP contribution in [0.2, 0.25) is 0 Å². The Morgan fingerprint density at radius 3 is 2.42 bits per heavy atom. The number of fused-ring (bicyclic) bond motifs is 1. The van der Waals surface area contributed by atoms with Crippen LogP contribution in [0.5, 0.6) is 11.5 Å². The maximum absolute atomic E-state index is 13.1. The van der Waals surface area contributed by atoms with Crippen LogP contribution in [0.15, 0.2) is 66.8 Å². The van der Waals surface area contributed by atoms with Crippen molar-refractivity contribution in [3.05, 3.63) is 89.3 Å². The molecule has 0 radical (unpaired) electrons. The minimum atomic E-state index is -1.18. The Balaban J connectivity index is 1.52. The summed E-state index contributed by atoms with van der Waals surface area (Å²) in [4.78, 5) is 37.2. The number of esters is 1. The maximum Gasteiger partial charge on any atom is 0.330 e. The lowest BCUT2D eigenvalue weighted by Gasteiger charge is -2.15. The molecule has 0 spiro atoms. The number of aromatic nitrogens is 2. The molecule has 1 aliphatic rings. The number of carbonyl (C=O) groups excluding carboxylic acids is 3. The summed E-state index contributed by atoms with van der Waals surface area (Å²) in [6.45, 7) is -0.597. The van der Waals surface area contributed by atoms with Gasteiger partial charge in [0.15, 0.2) is 23.2 Å². The molecule has 208 valence electrons. The zero-order chi connectivity index (χ0) is 28.6. The molecular formula is C29H30N4O7. The molecule has 1 aliphatic heterocycles. The van der Waals surface area contributed by atoms with Crippen LogP contribution in [0.3, 0.4) is 0 Å². The van der Waals surface area contributed by atoms with Crippen molar-refractivity contribution in [1.82, 2.24) is 15.1 Å². The largest absolute Gasteiger partial charge is 0.493 e. The number of aliphatic hydroxyl groups is 1. The van der Waals surface area contributed by atoms with E-state index in [4.69, 9.17) is 9.47 Å². The van der Waals surface area contributed by atoms with E-state index >= 15 is 0 Å². The summed E-state index contributed by atoms with van der Waals surface area (Å²) in [5.74, 6) is -0.558. The predicted octanol–water partition coefficient (Wildman–Crippen LogP) is 2.81. The third-order valence-electron chi connectivity index (χ3n) is 6.26. The predicted molar refractivity (Wildman–Crippen MR) is 147 cm³/mol. The number of hydrogen-bond donors (Lipinski definition) is 3. The van der Waals surface area contributed by atoms with Crippen molar-refractivity contribution in [2.45, 2.75) is 18.9 Å². The van der Waals surface area contributed by atoms with Crippen molar-refractivity contribution in [1.29, 1.82) is 0 Å². The lowest BCUT2D eigenvalue weighted by Crippen LogP contribution is -2.44. The normalized spacial score (nSPS) is 15.2. The minimum Gasteiger partial charge on any atom is -0.493 e. The van der Waals surface area contributed by atoms with Gasteiger partial charge in [0.1, 0.15) is 0 Å². The van der Waals surface area contributed by atoms with Gasteiger partial charge in [-0.15, -0.1) is 0 Å². The molecule has 3 aromatic rings. The summed E-state index contributed by atoms with van der Waals surface area (Å²) in [6.07, 6.45) is 7.43. The molecule has 2 amide bonds. The van der Waals surface area contributed by atoms with Crippen molar-refractivity contribution in [2.75, 3.05) is 33.3 Å². The lowest BCUT2D eigenvalue weighted by atomic mass is 10.1. The zero-order valence-electron chi connectivity index (χ0n) is 22.3. The fourth-order valence-electron chi connectivity index (χ4n) is 4.15. The van der Waals surface area contributed by atoms with Gasteiger partial charge in [-0.25, -0.2) is 9.48 Å². The van der Waals surface area contributed by atoms with Crippen LogP contribution >= 0.6 is 0 Å². The molecule has 1 aromatic heterocycles. The molecule has 4 rings (SSSR count). The number of nitrogens with zero attached hydrogens (tertiary/aromatic N) is 2. The van der Waals surface area contributed by atoms with Crippen LogP contribution in [-0.4, -0.2) is 66.6 Å². The lowest BCUT2D eigenvalue weighted by molar-refractivity contribution is -0.143. The van der Waals surface area contributed by atoms with E-state index in [2.05, 4.69) is 26.5 Å². The van der Waals surface area contributed by atoms with Crippen molar-refractivity contribution >= 4 is 29.2 Å². The van der Waals surface area contributed by atoms with Crippen molar-refractivity contribution in [2.24, 2.45) is 0 Å². The summed E-state index contributed by atoms with van der Waals surface area (Å²) in [5, 5.41) is 19.1. The molecule has 40 heavy (non-hydrogen) atoms. The first-order chi connectivity index (χ1) is 19.4. The summed E-state index contributed by atoms with van der Waals surface area (Å²) in [6, 6.07) is 12.3. The Bertz CT molecular complexity index is 1460. The number of amides is 2. The smallest absolute Gasteiger partial charge is 0.330 e. The van der Waals surface area contributed by atoms with E-state index in [-0.39, 0.29) is 11.3 Å². The molecule has 11 heteroatoms. The summed E-state index contributed by atoms with van der Waals surface area (Å²) >= 11 is 0. The SMILES string of the molecule is COC(=O)[C@H](CO)NC(=O)c1ccc(NC(=O)c2cc3n(n2)/C(c2ccc(OC)c(OC)c2)=C\C=C/CC3)cc1. The number of aryl methyl sites for hydroxylation is 1. The van der Waals surface area contributed by atoms with Crippen molar-refractivity contribution in [3.63, 3.8) is 0 Å². The molecule has 11 nitrogen and oxygen atoms in total. The van der Waals surface area contributed by atoms with Gasteiger partial charge < -0.3 is 30.0 Å². The second-order valence-electron chi connectivity index (χ2n) is 8.78. The molecule has 0 aliphatic carbocycles. The van der Waals surface area contributed by atoms with Crippen LogP contribution in [0, 0.1) is 0 Å². The van der Waals surface area contributed by atoms with Crippen LogP contribution < -0.4 is 20.1 Å². The summed E-state index contributed by atoms with van der Waals surface area (Å²) < 4.78 is 17.1. The molecule has 2 heterocycles. The number of methoxy groups -OCH3 is 3. The number of allylic oxidation sites excluding steroid dienone is 3. The topological polar surface area (TPSA) is 141 Å². The van der Waals surface area contributed by atoms with E-state index in [9.17, 15) is 19.5 Å². The third kappa shape index (κ3) is 6.21. The average molecular weight is 547 g/mol. The van der Waals surface area contributed by atoms with Gasteiger partial charge in [0, 0.05) is 22.5 Å². The molecular weight excluding hydrogens is 516 g/mol. The maximum atomic E-state index is 13.1. The number of benzene rings is 2. The van der Waals surface area contributed by atoms with E-state index in [1.165, 1.54) is 19.2 Å². The molecule has 0 saturated heterocycles. The summed E-state index contributed by atoms with van der Waals surface area (Å²) in [7, 11) is 4.31. The standard InChI is InChI=1S/C29H30N4O7/c1-38-25-14-11-19(15-26(25)39-2)24-8-6-4-5-7-21-16-22(32-33(21)24)28(36)30-20-12-9-18(10-13-20)27(35)31-23(17-34)29(37)40-3/h4,6,8-16,23,34H,5,7,17H2,1-3H3,(H,30,36)(H,31,35)/b6-4-,24-8-/t23-/m0/s1. The van der Waals surface area contributed by atoms with Crippen LogP contribution in [0.1, 0.15) is 38.5 Å². The first kappa shape index (κ1) is 28.1. The van der Waals surface area contributed by atoms with Crippen molar-refractivity contribution in [3.8, 4) is 11.5 Å². The molecule has 0 bridgehead atoms. The Kier molecular flexibility index (Phi) is 8.97. The van der Waals surface area contributed by atoms with Crippen LogP contribution in [0.25, 0.3) is 5.70 Å². The highest BCUT2D eigenvalue weighted by atomic mass is 16.5. The van der Waals surface area contributed by atoms with Gasteiger partial charge in [-0.1, -0.05) is 12.2 Å². The first-order valence-electron chi connectivity index (χ1n) is 12.5. The number of aliphatic hydroxyl groups excluding tert-OH is 1. The number of carbonyl (C=O) groups is 3. The fraction of sp³-hybridized carbons (Fsp3) is 0.241. The summed E-state index contributed by atoms with van der Waals surface area (Å²) in [5.41, 5.74) is 3.40. The Labute approximate surface area is 231 Å². The van der Waals surface area contributed by atoms with Crippen molar-refractivity contribution < 1.29 is 33.7 Å². The van der Waals surface area contributed by atoms with E-state index < -0.39 is 30.4 Å². The monoisotopic (exact) mass is 546 g/mol. The molecule has 1 atom stereocenters. The van der Waals surface area contributed by atoms with E-state index in [1.54, 1.807) is 37.1 Å². The van der Waals surface area contributed by atoms with Crippen LogP contribution in [-0.2, 0) is 16.0 Å². The van der Waals surface area contributed by atoms with Gasteiger partial charge in [0.05, 0.1) is 33.6 Å². The molecule has 3 N–H and O–H groups in total. The highest BCUT2D eigenvalue weighted by Crippen LogP contribution is 2.32. The van der Waals surface area contributed by atoms with Gasteiger partial charge >= 0.3 is 5.97 Å². The molecule has 0 fully saturated rings. The van der Waals surface area contributed by atoms with E-state index in [0.717, 1.165) is 23.4 Å². The Morgan fingerprint density at radius 1 is 1.00 bits per heavy atom. The van der Waals surface area contributed by atoms with Gasteiger partial charge in [0.25, 0.3) is 11.8 Å². The third-order valence-corrected chi connectivity index (χ3v) is 6.26. The number of anilines is 1. The highest BCUT2D eigenvalue weighted by molar-refractivity contribution is 6.03. The fourth-order valence-corrected chi connectivity index (χ4v) is 4.15. The Hall–Kier alpha value is -4.90. The zero-order valence-corrected chi connectivity index (χ0v) is 22.3. The Morgan fingerprint density at radius 2 is 1.75 bits per heavy atom. The number of ether oxygens (including phenoxy) is 3. The van der Waals surface area contributed by atoms with Gasteiger partial charge in [-0.3, -0.25) is 9.59 Å². The first-order valence-corrected chi connectivity index (χ1v) is 12.5.